The third-order valence-corrected chi connectivity index (χ3v) is 3.61. The molecule has 0 saturated heterocycles. The van der Waals surface area contributed by atoms with Gasteiger partial charge in [0.05, 0.1) is 0 Å². The predicted octanol–water partition coefficient (Wildman–Crippen LogP) is 2.88. The summed E-state index contributed by atoms with van der Waals surface area (Å²) >= 11 is 0. The molecule has 1 amide bonds. The highest BCUT2D eigenvalue weighted by atomic mass is 16.4. The van der Waals surface area contributed by atoms with Crippen molar-refractivity contribution < 1.29 is 19.5 Å². The molecule has 0 aliphatic carbocycles. The van der Waals surface area contributed by atoms with Crippen molar-refractivity contribution in [2.45, 2.75) is 53.0 Å². The van der Waals surface area contributed by atoms with Crippen molar-refractivity contribution >= 4 is 17.7 Å². The normalized spacial score (nSPS) is 12.0. The molecular formula is C18H25NO4. The summed E-state index contributed by atoms with van der Waals surface area (Å²) in [5.41, 5.74) is 2.49. The Bertz CT molecular complexity index is 593. The van der Waals surface area contributed by atoms with Crippen LogP contribution in [0.25, 0.3) is 0 Å². The number of amides is 1. The number of hydrogen-bond donors (Lipinski definition) is 2. The number of carboxylic acid groups (broad SMARTS) is 1. The molecule has 0 aliphatic rings. The van der Waals surface area contributed by atoms with E-state index in [4.69, 9.17) is 5.11 Å². The number of rotatable bonds is 8. The van der Waals surface area contributed by atoms with Gasteiger partial charge in [-0.1, -0.05) is 31.5 Å². The van der Waals surface area contributed by atoms with Crippen LogP contribution in [0, 0.1) is 19.8 Å². The standard InChI is InChI=1S/C18H25NO4/c1-11(2)9-15(18(22)23)19-17(21)8-7-16(20)14-10-12(3)5-6-13(14)4/h5-6,10-11,15H,7-9H2,1-4H3,(H,19,21)(H,22,23)/t15-/m1/s1. The minimum absolute atomic E-state index is 0.00586. The number of carbonyl (C=O) groups excluding carboxylic acids is 2. The maximum atomic E-state index is 12.2. The average molecular weight is 319 g/mol. The van der Waals surface area contributed by atoms with Crippen LogP contribution in [-0.2, 0) is 9.59 Å². The van der Waals surface area contributed by atoms with Gasteiger partial charge in [0.2, 0.25) is 5.91 Å². The lowest BCUT2D eigenvalue weighted by Gasteiger charge is -2.16. The largest absolute Gasteiger partial charge is 0.480 e. The molecule has 5 heteroatoms. The highest BCUT2D eigenvalue weighted by molar-refractivity contribution is 5.99. The van der Waals surface area contributed by atoms with E-state index in [1.807, 2.05) is 45.9 Å². The van der Waals surface area contributed by atoms with E-state index < -0.39 is 17.9 Å². The minimum atomic E-state index is -1.05. The Morgan fingerprint density at radius 3 is 2.35 bits per heavy atom. The van der Waals surface area contributed by atoms with Crippen LogP contribution in [0.5, 0.6) is 0 Å². The van der Waals surface area contributed by atoms with Gasteiger partial charge in [-0.2, -0.15) is 0 Å². The molecule has 0 spiro atoms. The fourth-order valence-corrected chi connectivity index (χ4v) is 2.36. The van der Waals surface area contributed by atoms with Gasteiger partial charge in [0.15, 0.2) is 5.78 Å². The van der Waals surface area contributed by atoms with Gasteiger partial charge in [-0.25, -0.2) is 4.79 Å². The topological polar surface area (TPSA) is 83.5 Å². The number of hydrogen-bond acceptors (Lipinski definition) is 3. The second-order valence-electron chi connectivity index (χ2n) is 6.33. The molecule has 2 N–H and O–H groups in total. The fraction of sp³-hybridized carbons (Fsp3) is 0.500. The van der Waals surface area contributed by atoms with Crippen molar-refractivity contribution in [1.29, 1.82) is 0 Å². The number of ketones is 1. The number of benzene rings is 1. The number of aryl methyl sites for hydroxylation is 2. The summed E-state index contributed by atoms with van der Waals surface area (Å²) in [5.74, 6) is -1.39. The number of aliphatic carboxylic acids is 1. The highest BCUT2D eigenvalue weighted by Crippen LogP contribution is 2.14. The molecule has 0 unspecified atom stereocenters. The van der Waals surface area contributed by atoms with Crippen LogP contribution in [-0.4, -0.2) is 28.8 Å². The first-order valence-corrected chi connectivity index (χ1v) is 7.83. The van der Waals surface area contributed by atoms with Crippen molar-refractivity contribution in [3.63, 3.8) is 0 Å². The van der Waals surface area contributed by atoms with Gasteiger partial charge in [-0.15, -0.1) is 0 Å². The van der Waals surface area contributed by atoms with Crippen LogP contribution in [0.3, 0.4) is 0 Å². The molecule has 23 heavy (non-hydrogen) atoms. The van der Waals surface area contributed by atoms with Gasteiger partial charge in [-0.3, -0.25) is 9.59 Å². The number of carbonyl (C=O) groups is 3. The molecule has 1 aromatic rings. The molecule has 0 heterocycles. The van der Waals surface area contributed by atoms with Gasteiger partial charge in [0.1, 0.15) is 6.04 Å². The summed E-state index contributed by atoms with van der Waals surface area (Å²) in [6.07, 6.45) is 0.435. The highest BCUT2D eigenvalue weighted by Gasteiger charge is 2.21. The van der Waals surface area contributed by atoms with Crippen LogP contribution in [0.4, 0.5) is 0 Å². The Balaban J connectivity index is 2.59. The molecule has 126 valence electrons. The molecule has 0 radical (unpaired) electrons. The predicted molar refractivity (Wildman–Crippen MR) is 88.5 cm³/mol. The van der Waals surface area contributed by atoms with E-state index in [9.17, 15) is 14.4 Å². The molecular weight excluding hydrogens is 294 g/mol. The van der Waals surface area contributed by atoms with Gasteiger partial charge in [0, 0.05) is 18.4 Å². The van der Waals surface area contributed by atoms with E-state index in [0.717, 1.165) is 11.1 Å². The third kappa shape index (κ3) is 6.22. The van der Waals surface area contributed by atoms with Crippen LogP contribution in [0.1, 0.15) is 54.6 Å². The number of carboxylic acids is 1. The zero-order valence-corrected chi connectivity index (χ0v) is 14.2. The quantitative estimate of drug-likeness (QED) is 0.722. The average Bonchev–Trinajstić information content (AvgIpc) is 2.46. The second kappa shape index (κ2) is 8.46. The molecule has 0 fully saturated rings. The third-order valence-electron chi connectivity index (χ3n) is 3.61. The first-order chi connectivity index (χ1) is 10.7. The van der Waals surface area contributed by atoms with E-state index in [0.29, 0.717) is 12.0 Å². The Labute approximate surface area is 137 Å². The van der Waals surface area contributed by atoms with Crippen LogP contribution in [0.2, 0.25) is 0 Å². The summed E-state index contributed by atoms with van der Waals surface area (Å²) in [6, 6.07) is 4.72. The van der Waals surface area contributed by atoms with E-state index in [1.54, 1.807) is 0 Å². The number of nitrogens with one attached hydrogen (secondary N) is 1. The second-order valence-corrected chi connectivity index (χ2v) is 6.33. The van der Waals surface area contributed by atoms with Gasteiger partial charge >= 0.3 is 5.97 Å². The smallest absolute Gasteiger partial charge is 0.326 e. The molecule has 1 aromatic carbocycles. The summed E-state index contributed by atoms with van der Waals surface area (Å²) in [4.78, 5) is 35.3. The monoisotopic (exact) mass is 319 g/mol. The van der Waals surface area contributed by atoms with Crippen LogP contribution in [0.15, 0.2) is 18.2 Å². The van der Waals surface area contributed by atoms with Crippen molar-refractivity contribution in [2.75, 3.05) is 0 Å². The van der Waals surface area contributed by atoms with Crippen molar-refractivity contribution in [3.8, 4) is 0 Å². The summed E-state index contributed by atoms with van der Waals surface area (Å²) in [7, 11) is 0. The lowest BCUT2D eigenvalue weighted by Crippen LogP contribution is -2.41. The fourth-order valence-electron chi connectivity index (χ4n) is 2.36. The zero-order valence-electron chi connectivity index (χ0n) is 14.2. The number of Topliss-reactive ketones (excluding diaryl/α,β-unsaturated/α-hetero) is 1. The van der Waals surface area contributed by atoms with E-state index in [1.165, 1.54) is 0 Å². The summed E-state index contributed by atoms with van der Waals surface area (Å²) in [5, 5.41) is 11.6. The Kier molecular flexibility index (Phi) is 6.94. The Hall–Kier alpha value is -2.17. The molecule has 1 rings (SSSR count). The Morgan fingerprint density at radius 1 is 1.13 bits per heavy atom. The van der Waals surface area contributed by atoms with E-state index >= 15 is 0 Å². The van der Waals surface area contributed by atoms with Crippen molar-refractivity contribution in [2.24, 2.45) is 5.92 Å². The molecule has 1 atom stereocenters. The first kappa shape index (κ1) is 18.9. The van der Waals surface area contributed by atoms with E-state index in [-0.39, 0.29) is 24.5 Å². The maximum Gasteiger partial charge on any atom is 0.326 e. The lowest BCUT2D eigenvalue weighted by atomic mass is 9.99. The first-order valence-electron chi connectivity index (χ1n) is 7.83. The van der Waals surface area contributed by atoms with Crippen LogP contribution >= 0.6 is 0 Å². The minimum Gasteiger partial charge on any atom is -0.480 e. The van der Waals surface area contributed by atoms with Gasteiger partial charge in [0.25, 0.3) is 0 Å². The van der Waals surface area contributed by atoms with Crippen molar-refractivity contribution in [1.82, 2.24) is 5.32 Å². The zero-order chi connectivity index (χ0) is 17.6. The summed E-state index contributed by atoms with van der Waals surface area (Å²) in [6.45, 7) is 7.56. The molecule has 0 aliphatic heterocycles. The van der Waals surface area contributed by atoms with E-state index in [2.05, 4.69) is 5.32 Å². The molecule has 5 nitrogen and oxygen atoms in total. The SMILES string of the molecule is Cc1ccc(C)c(C(=O)CCC(=O)N[C@H](CC(C)C)C(=O)O)c1. The van der Waals surface area contributed by atoms with Gasteiger partial charge in [-0.05, 0) is 37.8 Å². The molecule has 0 saturated carbocycles. The Morgan fingerprint density at radius 2 is 1.78 bits per heavy atom. The van der Waals surface area contributed by atoms with Gasteiger partial charge < -0.3 is 10.4 Å². The molecule has 0 bridgehead atoms. The van der Waals surface area contributed by atoms with Crippen molar-refractivity contribution in [3.05, 3.63) is 34.9 Å². The van der Waals surface area contributed by atoms with Crippen LogP contribution < -0.4 is 5.32 Å². The molecule has 0 aromatic heterocycles. The lowest BCUT2D eigenvalue weighted by molar-refractivity contribution is -0.142. The summed E-state index contributed by atoms with van der Waals surface area (Å²) < 4.78 is 0. The maximum absolute atomic E-state index is 12.2.